The van der Waals surface area contributed by atoms with Gasteiger partial charge in [-0.1, -0.05) is 0 Å². The van der Waals surface area contributed by atoms with Crippen molar-refractivity contribution >= 4 is 11.8 Å². The predicted octanol–water partition coefficient (Wildman–Crippen LogP) is 2.02. The molecule has 0 amide bonds. The number of rotatable bonds is 2. The van der Waals surface area contributed by atoms with E-state index in [1.807, 2.05) is 24.3 Å². The van der Waals surface area contributed by atoms with E-state index in [2.05, 4.69) is 35.6 Å². The first-order valence-corrected chi connectivity index (χ1v) is 6.06. The zero-order chi connectivity index (χ0) is 10.2. The molecule has 1 unspecified atom stereocenters. The van der Waals surface area contributed by atoms with E-state index in [0.717, 1.165) is 12.3 Å². The number of aryl methyl sites for hydroxylation is 1. The number of nitrogens with zero attached hydrogens (tertiary/aromatic N) is 2. The highest BCUT2D eigenvalue weighted by molar-refractivity contribution is 7.99. The quantitative estimate of drug-likeness (QED) is 0.811. The standard InChI is InChI=1S/C10H17N3S/c1-4-13-7-11-5-8(13)9-12-10(2,3)6-14-9/h5,7,9,12H,4,6H2,1-3H3. The topological polar surface area (TPSA) is 29.9 Å². The van der Waals surface area contributed by atoms with Crippen molar-refractivity contribution in [3.05, 3.63) is 18.2 Å². The van der Waals surface area contributed by atoms with Crippen molar-refractivity contribution in [3.63, 3.8) is 0 Å². The summed E-state index contributed by atoms with van der Waals surface area (Å²) in [5.74, 6) is 1.16. The van der Waals surface area contributed by atoms with Crippen LogP contribution in [0.1, 0.15) is 31.8 Å². The Morgan fingerprint density at radius 2 is 2.50 bits per heavy atom. The fourth-order valence-electron chi connectivity index (χ4n) is 1.70. The molecule has 14 heavy (non-hydrogen) atoms. The third-order valence-corrected chi connectivity index (χ3v) is 4.07. The van der Waals surface area contributed by atoms with E-state index in [1.165, 1.54) is 5.69 Å². The Hall–Kier alpha value is -0.480. The van der Waals surface area contributed by atoms with Crippen molar-refractivity contribution in [1.82, 2.24) is 14.9 Å². The minimum Gasteiger partial charge on any atom is -0.333 e. The highest BCUT2D eigenvalue weighted by Crippen LogP contribution is 2.36. The van der Waals surface area contributed by atoms with Gasteiger partial charge in [0.25, 0.3) is 0 Å². The summed E-state index contributed by atoms with van der Waals surface area (Å²) in [6.07, 6.45) is 3.87. The number of hydrogen-bond donors (Lipinski definition) is 1. The van der Waals surface area contributed by atoms with Crippen LogP contribution in [0, 0.1) is 0 Å². The first-order chi connectivity index (χ1) is 6.62. The summed E-state index contributed by atoms with van der Waals surface area (Å²) in [6, 6.07) is 0. The molecule has 0 radical (unpaired) electrons. The summed E-state index contributed by atoms with van der Waals surface area (Å²) in [5.41, 5.74) is 1.54. The van der Waals surface area contributed by atoms with Crippen molar-refractivity contribution < 1.29 is 0 Å². The lowest BCUT2D eigenvalue weighted by Gasteiger charge is -2.19. The second-order valence-electron chi connectivity index (χ2n) is 4.32. The van der Waals surface area contributed by atoms with Crippen LogP contribution >= 0.6 is 11.8 Å². The normalized spacial score (nSPS) is 25.5. The Bertz CT molecular complexity index is 319. The maximum atomic E-state index is 4.19. The van der Waals surface area contributed by atoms with Crippen molar-refractivity contribution in [2.45, 2.75) is 38.2 Å². The van der Waals surface area contributed by atoms with E-state index in [1.54, 1.807) is 0 Å². The van der Waals surface area contributed by atoms with Gasteiger partial charge in [0.15, 0.2) is 0 Å². The fraction of sp³-hybridized carbons (Fsp3) is 0.700. The van der Waals surface area contributed by atoms with Crippen LogP contribution in [0.3, 0.4) is 0 Å². The molecule has 1 aromatic rings. The van der Waals surface area contributed by atoms with Gasteiger partial charge < -0.3 is 4.57 Å². The summed E-state index contributed by atoms with van der Waals surface area (Å²) >= 11 is 1.96. The summed E-state index contributed by atoms with van der Waals surface area (Å²) < 4.78 is 2.20. The number of thioether (sulfide) groups is 1. The predicted molar refractivity (Wildman–Crippen MR) is 60.3 cm³/mol. The Kier molecular flexibility index (Phi) is 2.58. The van der Waals surface area contributed by atoms with Gasteiger partial charge in [0.1, 0.15) is 0 Å². The highest BCUT2D eigenvalue weighted by atomic mass is 32.2. The monoisotopic (exact) mass is 211 g/mol. The van der Waals surface area contributed by atoms with Gasteiger partial charge in [-0.05, 0) is 20.8 Å². The van der Waals surface area contributed by atoms with Crippen LogP contribution in [-0.4, -0.2) is 20.8 Å². The van der Waals surface area contributed by atoms with Crippen LogP contribution in [0.2, 0.25) is 0 Å². The lowest BCUT2D eigenvalue weighted by molar-refractivity contribution is 0.443. The van der Waals surface area contributed by atoms with Crippen molar-refractivity contribution in [2.24, 2.45) is 0 Å². The van der Waals surface area contributed by atoms with E-state index in [4.69, 9.17) is 0 Å². The van der Waals surface area contributed by atoms with Gasteiger partial charge >= 0.3 is 0 Å². The van der Waals surface area contributed by atoms with E-state index in [-0.39, 0.29) is 5.54 Å². The Morgan fingerprint density at radius 3 is 3.07 bits per heavy atom. The average molecular weight is 211 g/mol. The molecule has 0 aromatic carbocycles. The largest absolute Gasteiger partial charge is 0.333 e. The molecule has 0 bridgehead atoms. The molecular weight excluding hydrogens is 194 g/mol. The molecule has 0 spiro atoms. The summed E-state index contributed by atoms with van der Waals surface area (Å²) in [5, 5.41) is 4.02. The van der Waals surface area contributed by atoms with Crippen LogP contribution in [0.15, 0.2) is 12.5 Å². The third-order valence-electron chi connectivity index (χ3n) is 2.49. The molecule has 0 aliphatic carbocycles. The molecule has 1 fully saturated rings. The smallest absolute Gasteiger partial charge is 0.0963 e. The van der Waals surface area contributed by atoms with Crippen molar-refractivity contribution in [3.8, 4) is 0 Å². The third kappa shape index (κ3) is 1.81. The minimum atomic E-state index is 0.248. The van der Waals surface area contributed by atoms with Crippen LogP contribution in [0.25, 0.3) is 0 Å². The fourth-order valence-corrected chi connectivity index (χ4v) is 3.14. The van der Waals surface area contributed by atoms with Crippen molar-refractivity contribution in [2.75, 3.05) is 5.75 Å². The molecule has 4 heteroatoms. The van der Waals surface area contributed by atoms with Gasteiger partial charge in [-0.2, -0.15) is 0 Å². The molecule has 3 nitrogen and oxygen atoms in total. The molecule has 78 valence electrons. The molecule has 2 rings (SSSR count). The van der Waals surface area contributed by atoms with Crippen LogP contribution in [0.4, 0.5) is 0 Å². The molecule has 1 aliphatic heterocycles. The van der Waals surface area contributed by atoms with E-state index < -0.39 is 0 Å². The number of aromatic nitrogens is 2. The maximum Gasteiger partial charge on any atom is 0.0963 e. The molecular formula is C10H17N3S. The van der Waals surface area contributed by atoms with E-state index in [9.17, 15) is 0 Å². The van der Waals surface area contributed by atoms with Gasteiger partial charge in [0.2, 0.25) is 0 Å². The second-order valence-corrected chi connectivity index (χ2v) is 5.42. The van der Waals surface area contributed by atoms with Gasteiger partial charge in [-0.15, -0.1) is 11.8 Å². The molecule has 1 saturated heterocycles. The van der Waals surface area contributed by atoms with E-state index >= 15 is 0 Å². The van der Waals surface area contributed by atoms with Crippen molar-refractivity contribution in [1.29, 1.82) is 0 Å². The first kappa shape index (κ1) is 10.1. The first-order valence-electron chi connectivity index (χ1n) is 5.02. The molecule has 2 heterocycles. The van der Waals surface area contributed by atoms with Crippen LogP contribution < -0.4 is 5.32 Å². The lowest BCUT2D eigenvalue weighted by Crippen LogP contribution is -2.36. The molecule has 1 aliphatic rings. The SMILES string of the molecule is CCn1cncc1C1NC(C)(C)CS1. The number of hydrogen-bond acceptors (Lipinski definition) is 3. The maximum absolute atomic E-state index is 4.19. The highest BCUT2D eigenvalue weighted by Gasteiger charge is 2.32. The molecule has 1 N–H and O–H groups in total. The zero-order valence-electron chi connectivity index (χ0n) is 8.95. The van der Waals surface area contributed by atoms with Gasteiger partial charge in [0, 0.05) is 17.8 Å². The van der Waals surface area contributed by atoms with Crippen LogP contribution in [0.5, 0.6) is 0 Å². The summed E-state index contributed by atoms with van der Waals surface area (Å²) in [6.45, 7) is 7.63. The molecule has 0 saturated carbocycles. The lowest BCUT2D eigenvalue weighted by atomic mass is 10.1. The Balaban J connectivity index is 2.17. The average Bonchev–Trinajstić information content (AvgIpc) is 2.70. The van der Waals surface area contributed by atoms with Gasteiger partial charge in [0.05, 0.1) is 23.6 Å². The Labute approximate surface area is 89.3 Å². The summed E-state index contributed by atoms with van der Waals surface area (Å²) in [4.78, 5) is 4.19. The van der Waals surface area contributed by atoms with Crippen LogP contribution in [-0.2, 0) is 6.54 Å². The van der Waals surface area contributed by atoms with E-state index in [0.29, 0.717) is 5.37 Å². The molecule has 1 aromatic heterocycles. The Morgan fingerprint density at radius 1 is 1.71 bits per heavy atom. The second kappa shape index (κ2) is 3.59. The zero-order valence-corrected chi connectivity index (χ0v) is 9.77. The minimum absolute atomic E-state index is 0.248. The van der Waals surface area contributed by atoms with Gasteiger partial charge in [-0.25, -0.2) is 4.98 Å². The summed E-state index contributed by atoms with van der Waals surface area (Å²) in [7, 11) is 0. The number of imidazole rings is 1. The molecule has 1 atom stereocenters. The van der Waals surface area contributed by atoms with Gasteiger partial charge in [-0.3, -0.25) is 5.32 Å². The number of nitrogens with one attached hydrogen (secondary N) is 1.